The number of nitrogens with zero attached hydrogens (tertiary/aromatic N) is 5. The van der Waals surface area contributed by atoms with Gasteiger partial charge in [0.1, 0.15) is 5.82 Å². The van der Waals surface area contributed by atoms with Crippen LogP contribution in [-0.2, 0) is 24.3 Å². The molecule has 0 fully saturated rings. The van der Waals surface area contributed by atoms with E-state index in [2.05, 4.69) is 25.1 Å². The Morgan fingerprint density at radius 1 is 1.21 bits per heavy atom. The second kappa shape index (κ2) is 6.37. The van der Waals surface area contributed by atoms with Crippen molar-refractivity contribution in [2.24, 2.45) is 0 Å². The lowest BCUT2D eigenvalue weighted by Gasteiger charge is -2.19. The third-order valence-corrected chi connectivity index (χ3v) is 3.97. The van der Waals surface area contributed by atoms with E-state index in [0.717, 1.165) is 35.7 Å². The highest BCUT2D eigenvalue weighted by Crippen LogP contribution is 2.18. The van der Waals surface area contributed by atoms with Crippen molar-refractivity contribution in [1.82, 2.24) is 25.1 Å². The van der Waals surface area contributed by atoms with E-state index in [1.807, 2.05) is 48.5 Å². The number of rotatable bonds is 4. The highest BCUT2D eigenvalue weighted by atomic mass is 16.5. The quantitative estimate of drug-likeness (QED) is 0.791. The molecule has 1 aliphatic rings. The summed E-state index contributed by atoms with van der Waals surface area (Å²) >= 11 is 0. The molecule has 1 aliphatic heterocycles. The van der Waals surface area contributed by atoms with Crippen LogP contribution in [0.2, 0.25) is 0 Å². The second-order valence-electron chi connectivity index (χ2n) is 5.77. The zero-order valence-electron chi connectivity index (χ0n) is 13.4. The Morgan fingerprint density at radius 3 is 2.96 bits per heavy atom. The molecule has 4 rings (SSSR count). The molecule has 3 aromatic rings. The van der Waals surface area contributed by atoms with Gasteiger partial charge in [-0.2, -0.15) is 5.10 Å². The van der Waals surface area contributed by atoms with Crippen LogP contribution in [0.3, 0.4) is 0 Å². The van der Waals surface area contributed by atoms with Crippen molar-refractivity contribution in [3.8, 4) is 11.4 Å². The predicted molar refractivity (Wildman–Crippen MR) is 89.3 cm³/mol. The number of aromatic nitrogens is 5. The molecule has 0 aliphatic carbocycles. The largest absolute Gasteiger partial charge is 0.376 e. The summed E-state index contributed by atoms with van der Waals surface area (Å²) in [7, 11) is 1.95. The number of hydrogen-bond acceptors (Lipinski definition) is 6. The third-order valence-electron chi connectivity index (χ3n) is 3.97. The number of benzene rings is 1. The highest BCUT2D eigenvalue weighted by Gasteiger charge is 2.15. The van der Waals surface area contributed by atoms with Crippen molar-refractivity contribution < 1.29 is 4.74 Å². The van der Waals surface area contributed by atoms with Crippen LogP contribution in [0.25, 0.3) is 11.4 Å². The second-order valence-corrected chi connectivity index (χ2v) is 5.77. The molecule has 0 amide bonds. The maximum Gasteiger partial charge on any atom is 0.225 e. The Balaban J connectivity index is 1.50. The normalized spacial score (nSPS) is 13.5. The van der Waals surface area contributed by atoms with Gasteiger partial charge in [-0.05, 0) is 0 Å². The van der Waals surface area contributed by atoms with Crippen LogP contribution >= 0.6 is 0 Å². The molecule has 122 valence electrons. The lowest BCUT2D eigenvalue weighted by Crippen LogP contribution is -2.22. The van der Waals surface area contributed by atoms with E-state index in [1.54, 1.807) is 0 Å². The number of ether oxygens (including phenoxy) is 1. The first-order valence-corrected chi connectivity index (χ1v) is 7.90. The molecule has 3 heterocycles. The SMILES string of the molecule is CN(Cc1nc(-c2ccccc2)n[nH]1)c1ncc2c(n1)CCOC2. The number of aromatic amines is 1. The lowest BCUT2D eigenvalue weighted by atomic mass is 10.1. The molecule has 0 radical (unpaired) electrons. The van der Waals surface area contributed by atoms with Crippen molar-refractivity contribution in [2.75, 3.05) is 18.6 Å². The van der Waals surface area contributed by atoms with E-state index < -0.39 is 0 Å². The van der Waals surface area contributed by atoms with Gasteiger partial charge in [0.05, 0.1) is 25.5 Å². The van der Waals surface area contributed by atoms with Crippen molar-refractivity contribution in [2.45, 2.75) is 19.6 Å². The molecule has 1 N–H and O–H groups in total. The van der Waals surface area contributed by atoms with Gasteiger partial charge in [-0.15, -0.1) is 0 Å². The minimum atomic E-state index is 0.565. The smallest absolute Gasteiger partial charge is 0.225 e. The molecule has 0 atom stereocenters. The highest BCUT2D eigenvalue weighted by molar-refractivity contribution is 5.53. The number of hydrogen-bond donors (Lipinski definition) is 1. The third kappa shape index (κ3) is 2.98. The molecule has 7 heteroatoms. The van der Waals surface area contributed by atoms with E-state index in [-0.39, 0.29) is 0 Å². The Morgan fingerprint density at radius 2 is 2.08 bits per heavy atom. The van der Waals surface area contributed by atoms with Crippen LogP contribution in [0.15, 0.2) is 36.5 Å². The summed E-state index contributed by atoms with van der Waals surface area (Å²) in [5.74, 6) is 2.16. The fourth-order valence-electron chi connectivity index (χ4n) is 2.68. The number of anilines is 1. The van der Waals surface area contributed by atoms with Crippen LogP contribution in [0.5, 0.6) is 0 Å². The average molecular weight is 322 g/mol. The molecule has 0 bridgehead atoms. The van der Waals surface area contributed by atoms with Crippen LogP contribution in [0.4, 0.5) is 5.95 Å². The zero-order chi connectivity index (χ0) is 16.4. The summed E-state index contributed by atoms with van der Waals surface area (Å²) < 4.78 is 5.42. The van der Waals surface area contributed by atoms with E-state index >= 15 is 0 Å². The zero-order valence-corrected chi connectivity index (χ0v) is 13.4. The average Bonchev–Trinajstić information content (AvgIpc) is 3.10. The Kier molecular flexibility index (Phi) is 3.92. The molecule has 2 aromatic heterocycles. The minimum absolute atomic E-state index is 0.565. The summed E-state index contributed by atoms with van der Waals surface area (Å²) in [5.41, 5.74) is 3.14. The van der Waals surface area contributed by atoms with E-state index in [9.17, 15) is 0 Å². The van der Waals surface area contributed by atoms with Gasteiger partial charge in [0.15, 0.2) is 5.82 Å². The topological polar surface area (TPSA) is 79.8 Å². The van der Waals surface area contributed by atoms with Gasteiger partial charge in [-0.25, -0.2) is 15.0 Å². The summed E-state index contributed by atoms with van der Waals surface area (Å²) in [6.07, 6.45) is 2.68. The maximum absolute atomic E-state index is 5.42. The lowest BCUT2D eigenvalue weighted by molar-refractivity contribution is 0.109. The molecule has 24 heavy (non-hydrogen) atoms. The van der Waals surface area contributed by atoms with Crippen LogP contribution < -0.4 is 4.90 Å². The van der Waals surface area contributed by atoms with Gasteiger partial charge >= 0.3 is 0 Å². The van der Waals surface area contributed by atoms with Crippen LogP contribution in [-0.4, -0.2) is 38.8 Å². The predicted octanol–water partition coefficient (Wildman–Crippen LogP) is 1.97. The van der Waals surface area contributed by atoms with Gasteiger partial charge in [-0.1, -0.05) is 30.3 Å². The van der Waals surface area contributed by atoms with Gasteiger partial charge < -0.3 is 9.64 Å². The minimum Gasteiger partial charge on any atom is -0.376 e. The fourth-order valence-corrected chi connectivity index (χ4v) is 2.68. The Bertz CT molecular complexity index is 832. The summed E-state index contributed by atoms with van der Waals surface area (Å²) in [4.78, 5) is 15.6. The molecule has 1 aromatic carbocycles. The molecular weight excluding hydrogens is 304 g/mol. The number of H-pyrrole nitrogens is 1. The molecular formula is C17H18N6O. The van der Waals surface area contributed by atoms with Crippen molar-refractivity contribution >= 4 is 5.95 Å². The van der Waals surface area contributed by atoms with E-state index in [1.165, 1.54) is 0 Å². The van der Waals surface area contributed by atoms with Gasteiger partial charge in [0.25, 0.3) is 0 Å². The van der Waals surface area contributed by atoms with Crippen LogP contribution in [0, 0.1) is 0 Å². The van der Waals surface area contributed by atoms with E-state index in [0.29, 0.717) is 24.9 Å². The first-order chi connectivity index (χ1) is 11.8. The molecule has 0 saturated carbocycles. The van der Waals surface area contributed by atoms with Gasteiger partial charge in [0.2, 0.25) is 5.95 Å². The van der Waals surface area contributed by atoms with E-state index in [4.69, 9.17) is 4.74 Å². The number of nitrogens with one attached hydrogen (secondary N) is 1. The first-order valence-electron chi connectivity index (χ1n) is 7.90. The molecule has 0 spiro atoms. The summed E-state index contributed by atoms with van der Waals surface area (Å²) in [5, 5.41) is 7.27. The maximum atomic E-state index is 5.42. The number of fused-ring (bicyclic) bond motifs is 1. The first kappa shape index (κ1) is 14.8. The summed E-state index contributed by atoms with van der Waals surface area (Å²) in [6.45, 7) is 1.88. The monoisotopic (exact) mass is 322 g/mol. The Hall–Kier alpha value is -2.80. The Labute approximate surface area is 139 Å². The molecule has 0 unspecified atom stereocenters. The van der Waals surface area contributed by atoms with Crippen molar-refractivity contribution in [3.05, 3.63) is 53.6 Å². The van der Waals surface area contributed by atoms with Crippen molar-refractivity contribution in [1.29, 1.82) is 0 Å². The fraction of sp³-hybridized carbons (Fsp3) is 0.294. The standard InChI is InChI=1S/C17H18N6O/c1-23(17-18-9-13-11-24-8-7-14(13)19-17)10-15-20-16(22-21-15)12-5-3-2-4-6-12/h2-6,9H,7-8,10-11H2,1H3,(H,20,21,22). The molecule has 0 saturated heterocycles. The molecule has 7 nitrogen and oxygen atoms in total. The van der Waals surface area contributed by atoms with Gasteiger partial charge in [-0.3, -0.25) is 5.10 Å². The van der Waals surface area contributed by atoms with Gasteiger partial charge in [0, 0.05) is 30.8 Å². The van der Waals surface area contributed by atoms with Crippen molar-refractivity contribution in [3.63, 3.8) is 0 Å². The van der Waals surface area contributed by atoms with Crippen LogP contribution in [0.1, 0.15) is 17.1 Å². The summed E-state index contributed by atoms with van der Waals surface area (Å²) in [6, 6.07) is 9.91.